The molecule has 6 nitrogen and oxygen atoms in total. The normalized spacial score (nSPS) is 11.7. The van der Waals surface area contributed by atoms with Crippen molar-refractivity contribution in [2.24, 2.45) is 0 Å². The lowest BCUT2D eigenvalue weighted by molar-refractivity contribution is -0.114. The number of sulfonamides is 1. The van der Waals surface area contributed by atoms with Crippen molar-refractivity contribution in [3.8, 4) is 0 Å². The Bertz CT molecular complexity index is 1310. The van der Waals surface area contributed by atoms with Gasteiger partial charge in [-0.3, -0.25) is 13.9 Å². The van der Waals surface area contributed by atoms with Crippen LogP contribution in [0.2, 0.25) is 0 Å². The summed E-state index contributed by atoms with van der Waals surface area (Å²) in [5.74, 6) is -1.45. The van der Waals surface area contributed by atoms with E-state index in [4.69, 9.17) is 0 Å². The molecule has 0 aromatic heterocycles. The van der Waals surface area contributed by atoms with E-state index in [9.17, 15) is 22.4 Å². The number of nitrogens with one attached hydrogen (secondary N) is 1. The highest BCUT2D eigenvalue weighted by Gasteiger charge is 2.22. The predicted molar refractivity (Wildman–Crippen MR) is 132 cm³/mol. The number of nitrogens with zero attached hydrogens (tertiary/aromatic N) is 1. The van der Waals surface area contributed by atoms with Crippen molar-refractivity contribution in [3.05, 3.63) is 95.3 Å². The highest BCUT2D eigenvalue weighted by Crippen LogP contribution is 2.24. The summed E-state index contributed by atoms with van der Waals surface area (Å²) in [6.45, 7) is 5.73. The Morgan fingerprint density at radius 1 is 0.912 bits per heavy atom. The molecule has 0 atom stereocenters. The van der Waals surface area contributed by atoms with E-state index in [-0.39, 0.29) is 16.9 Å². The third-order valence-corrected chi connectivity index (χ3v) is 6.35. The molecule has 0 saturated heterocycles. The number of hydrogen-bond acceptors (Lipinski definition) is 4. The molecule has 0 aliphatic heterocycles. The summed E-state index contributed by atoms with van der Waals surface area (Å²) in [5, 5.41) is 2.61. The topological polar surface area (TPSA) is 83.6 Å². The third kappa shape index (κ3) is 6.29. The molecule has 1 amide bonds. The van der Waals surface area contributed by atoms with Crippen LogP contribution in [0.3, 0.4) is 0 Å². The summed E-state index contributed by atoms with van der Waals surface area (Å²) < 4.78 is 38.8. The van der Waals surface area contributed by atoms with E-state index in [1.54, 1.807) is 30.3 Å². The van der Waals surface area contributed by atoms with E-state index in [2.05, 4.69) is 26.1 Å². The minimum Gasteiger partial charge on any atom is -0.324 e. The summed E-state index contributed by atoms with van der Waals surface area (Å²) >= 11 is 0. The molecule has 0 spiro atoms. The molecule has 0 bridgehead atoms. The van der Waals surface area contributed by atoms with Gasteiger partial charge in [0.2, 0.25) is 15.9 Å². The minimum atomic E-state index is -3.84. The average Bonchev–Trinajstić information content (AvgIpc) is 2.76. The Kier molecular flexibility index (Phi) is 7.21. The second kappa shape index (κ2) is 9.77. The van der Waals surface area contributed by atoms with Gasteiger partial charge in [0.1, 0.15) is 12.4 Å². The zero-order chi connectivity index (χ0) is 25.1. The number of amides is 1. The lowest BCUT2D eigenvalue weighted by Gasteiger charge is -2.22. The number of carbonyl (C=O) groups excluding carboxylic acids is 2. The number of ketones is 1. The van der Waals surface area contributed by atoms with Gasteiger partial charge in [0.05, 0.1) is 11.9 Å². The maximum absolute atomic E-state index is 13.6. The molecule has 3 aromatic rings. The molecule has 34 heavy (non-hydrogen) atoms. The molecular formula is C26H27FN2O4S. The van der Waals surface area contributed by atoms with Gasteiger partial charge in [0.25, 0.3) is 0 Å². The summed E-state index contributed by atoms with van der Waals surface area (Å²) in [6, 6.07) is 18.8. The van der Waals surface area contributed by atoms with Crippen LogP contribution in [-0.4, -0.2) is 32.9 Å². The Hall–Kier alpha value is -3.52. The van der Waals surface area contributed by atoms with Crippen LogP contribution < -0.4 is 9.62 Å². The zero-order valence-electron chi connectivity index (χ0n) is 19.5. The first-order valence-electron chi connectivity index (χ1n) is 10.6. The van der Waals surface area contributed by atoms with Crippen LogP contribution in [0.15, 0.2) is 72.8 Å². The number of carbonyl (C=O) groups is 2. The minimum absolute atomic E-state index is 0.0306. The smallest absolute Gasteiger partial charge is 0.245 e. The highest BCUT2D eigenvalue weighted by molar-refractivity contribution is 7.92. The predicted octanol–water partition coefficient (Wildman–Crippen LogP) is 4.76. The molecule has 1 N–H and O–H groups in total. The van der Waals surface area contributed by atoms with Gasteiger partial charge in [0.15, 0.2) is 5.78 Å². The number of anilines is 2. The van der Waals surface area contributed by atoms with Gasteiger partial charge in [-0.25, -0.2) is 12.8 Å². The van der Waals surface area contributed by atoms with Gasteiger partial charge in [-0.15, -0.1) is 0 Å². The molecule has 3 rings (SSSR count). The van der Waals surface area contributed by atoms with Crippen LogP contribution in [0.1, 0.15) is 42.3 Å². The lowest BCUT2D eigenvalue weighted by Crippen LogP contribution is -2.37. The lowest BCUT2D eigenvalue weighted by atomic mass is 9.86. The van der Waals surface area contributed by atoms with Crippen LogP contribution in [0.25, 0.3) is 0 Å². The second-order valence-electron chi connectivity index (χ2n) is 9.03. The second-order valence-corrected chi connectivity index (χ2v) is 10.9. The Labute approximate surface area is 199 Å². The average molecular weight is 483 g/mol. The van der Waals surface area contributed by atoms with E-state index >= 15 is 0 Å². The van der Waals surface area contributed by atoms with Crippen molar-refractivity contribution >= 4 is 33.1 Å². The fourth-order valence-electron chi connectivity index (χ4n) is 3.39. The fraction of sp³-hybridized carbons (Fsp3) is 0.231. The van der Waals surface area contributed by atoms with Gasteiger partial charge >= 0.3 is 0 Å². The van der Waals surface area contributed by atoms with Crippen molar-refractivity contribution in [2.45, 2.75) is 26.2 Å². The van der Waals surface area contributed by atoms with Crippen molar-refractivity contribution < 1.29 is 22.4 Å². The summed E-state index contributed by atoms with van der Waals surface area (Å²) in [4.78, 5) is 25.6. The molecule has 0 unspecified atom stereocenters. The van der Waals surface area contributed by atoms with Crippen molar-refractivity contribution in [2.75, 3.05) is 22.4 Å². The molecular weight excluding hydrogens is 455 g/mol. The molecule has 3 aromatic carbocycles. The first kappa shape index (κ1) is 25.1. The summed E-state index contributed by atoms with van der Waals surface area (Å²) in [7, 11) is -3.84. The Balaban J connectivity index is 1.76. The Morgan fingerprint density at radius 2 is 1.56 bits per heavy atom. The van der Waals surface area contributed by atoms with Crippen molar-refractivity contribution in [3.63, 3.8) is 0 Å². The van der Waals surface area contributed by atoms with Crippen LogP contribution in [0.5, 0.6) is 0 Å². The van der Waals surface area contributed by atoms with Gasteiger partial charge in [-0.05, 0) is 41.3 Å². The monoisotopic (exact) mass is 482 g/mol. The van der Waals surface area contributed by atoms with Gasteiger partial charge in [-0.2, -0.15) is 0 Å². The molecule has 0 aliphatic rings. The number of benzene rings is 3. The molecule has 0 fully saturated rings. The standard InChI is InChI=1S/C26H27FN2O4S/c1-26(2,3)20-13-11-18(12-14-20)25(31)19-7-5-9-22(15-19)28-24(30)17-29(34(4,32)33)23-10-6-8-21(27)16-23/h5-16H,17H2,1-4H3,(H,28,30). The van der Waals surface area contributed by atoms with E-state index in [0.717, 1.165) is 22.2 Å². The van der Waals surface area contributed by atoms with E-state index < -0.39 is 28.3 Å². The fourth-order valence-corrected chi connectivity index (χ4v) is 4.24. The first-order chi connectivity index (χ1) is 15.8. The molecule has 8 heteroatoms. The van der Waals surface area contributed by atoms with Crippen molar-refractivity contribution in [1.82, 2.24) is 0 Å². The maximum Gasteiger partial charge on any atom is 0.245 e. The van der Waals surface area contributed by atoms with Gasteiger partial charge in [0, 0.05) is 16.8 Å². The zero-order valence-corrected chi connectivity index (χ0v) is 20.3. The number of rotatable bonds is 7. The van der Waals surface area contributed by atoms with Crippen LogP contribution >= 0.6 is 0 Å². The third-order valence-electron chi connectivity index (χ3n) is 5.21. The van der Waals surface area contributed by atoms with E-state index in [0.29, 0.717) is 16.8 Å². The summed E-state index contributed by atoms with van der Waals surface area (Å²) in [6.07, 6.45) is 0.940. The van der Waals surface area contributed by atoms with E-state index in [1.165, 1.54) is 24.3 Å². The largest absolute Gasteiger partial charge is 0.324 e. The molecule has 0 radical (unpaired) electrons. The number of hydrogen-bond donors (Lipinski definition) is 1. The summed E-state index contributed by atoms with van der Waals surface area (Å²) in [5.41, 5.74) is 2.36. The first-order valence-corrected chi connectivity index (χ1v) is 12.5. The van der Waals surface area contributed by atoms with Crippen LogP contribution in [0, 0.1) is 5.82 Å². The van der Waals surface area contributed by atoms with Gasteiger partial charge < -0.3 is 5.32 Å². The van der Waals surface area contributed by atoms with E-state index in [1.807, 2.05) is 12.1 Å². The SMILES string of the molecule is CC(C)(C)c1ccc(C(=O)c2cccc(NC(=O)CN(c3cccc(F)c3)S(C)(=O)=O)c2)cc1. The molecule has 178 valence electrons. The van der Waals surface area contributed by atoms with Gasteiger partial charge in [-0.1, -0.05) is 63.2 Å². The quantitative estimate of drug-likeness (QED) is 0.492. The molecule has 0 heterocycles. The molecule has 0 saturated carbocycles. The number of halogens is 1. The highest BCUT2D eigenvalue weighted by atomic mass is 32.2. The van der Waals surface area contributed by atoms with Crippen LogP contribution in [0.4, 0.5) is 15.8 Å². The van der Waals surface area contributed by atoms with Crippen molar-refractivity contribution in [1.29, 1.82) is 0 Å². The maximum atomic E-state index is 13.6. The van der Waals surface area contributed by atoms with Crippen LogP contribution in [-0.2, 0) is 20.2 Å². The molecule has 0 aliphatic carbocycles. The Morgan fingerprint density at radius 3 is 2.15 bits per heavy atom.